The lowest BCUT2D eigenvalue weighted by atomic mass is 9.96. The molecule has 0 amide bonds. The van der Waals surface area contributed by atoms with Gasteiger partial charge in [-0.05, 0) is 56.8 Å². The molecule has 0 aromatic heterocycles. The minimum Gasteiger partial charge on any atom is -0.508 e. The molecule has 0 spiro atoms. The normalized spacial score (nSPS) is 22.9. The zero-order valence-corrected chi connectivity index (χ0v) is 11.6. The third-order valence-electron chi connectivity index (χ3n) is 4.18. The first-order valence-electron chi connectivity index (χ1n) is 7.24. The molecule has 100 valence electrons. The van der Waals surface area contributed by atoms with Gasteiger partial charge in [0, 0.05) is 12.1 Å². The Morgan fingerprint density at radius 1 is 1.28 bits per heavy atom. The molecule has 0 aliphatic carbocycles. The lowest BCUT2D eigenvalue weighted by Crippen LogP contribution is -2.45. The maximum absolute atomic E-state index is 9.31. The Bertz CT molecular complexity index is 360. The van der Waals surface area contributed by atoms with Crippen LogP contribution in [0.25, 0.3) is 0 Å². The van der Waals surface area contributed by atoms with Crippen molar-refractivity contribution in [1.29, 1.82) is 0 Å². The average molecular weight is 247 g/mol. The average Bonchev–Trinajstić information content (AvgIpc) is 2.41. The van der Waals surface area contributed by atoms with Gasteiger partial charge in [0.15, 0.2) is 0 Å². The molecule has 0 bridgehead atoms. The van der Waals surface area contributed by atoms with Crippen molar-refractivity contribution in [2.45, 2.75) is 58.0 Å². The second-order valence-corrected chi connectivity index (χ2v) is 5.52. The van der Waals surface area contributed by atoms with Crippen molar-refractivity contribution in [3.05, 3.63) is 29.8 Å². The lowest BCUT2D eigenvalue weighted by molar-refractivity contribution is 0.0999. The first-order chi connectivity index (χ1) is 8.70. The molecule has 2 nitrogen and oxygen atoms in total. The number of rotatable bonds is 4. The largest absolute Gasteiger partial charge is 0.508 e. The molecular weight excluding hydrogens is 222 g/mol. The molecule has 2 rings (SSSR count). The van der Waals surface area contributed by atoms with E-state index >= 15 is 0 Å². The van der Waals surface area contributed by atoms with Crippen LogP contribution in [0.15, 0.2) is 24.3 Å². The zero-order chi connectivity index (χ0) is 13.0. The summed E-state index contributed by atoms with van der Waals surface area (Å²) < 4.78 is 0. The van der Waals surface area contributed by atoms with E-state index in [9.17, 15) is 5.11 Å². The molecule has 18 heavy (non-hydrogen) atoms. The van der Waals surface area contributed by atoms with Crippen LogP contribution in [0.5, 0.6) is 5.75 Å². The molecule has 1 aliphatic heterocycles. The van der Waals surface area contributed by atoms with Crippen LogP contribution in [0.3, 0.4) is 0 Å². The number of hydrogen-bond donors (Lipinski definition) is 1. The molecule has 1 aromatic carbocycles. The van der Waals surface area contributed by atoms with Crippen molar-refractivity contribution in [3.63, 3.8) is 0 Å². The van der Waals surface area contributed by atoms with E-state index in [1.54, 1.807) is 12.1 Å². The van der Waals surface area contributed by atoms with Crippen molar-refractivity contribution in [2.75, 3.05) is 6.54 Å². The Kier molecular flexibility index (Phi) is 4.65. The van der Waals surface area contributed by atoms with Crippen LogP contribution in [0, 0.1) is 0 Å². The highest BCUT2D eigenvalue weighted by atomic mass is 16.3. The zero-order valence-electron chi connectivity index (χ0n) is 11.6. The Labute approximate surface area is 111 Å². The summed E-state index contributed by atoms with van der Waals surface area (Å²) in [5, 5.41) is 9.31. The predicted octanol–water partition coefficient (Wildman–Crippen LogP) is 3.59. The highest BCUT2D eigenvalue weighted by Crippen LogP contribution is 2.23. The molecule has 1 saturated heterocycles. The van der Waals surface area contributed by atoms with Gasteiger partial charge in [-0.15, -0.1) is 0 Å². The van der Waals surface area contributed by atoms with Gasteiger partial charge in [0.05, 0.1) is 0 Å². The number of hydrogen-bond acceptors (Lipinski definition) is 2. The SMILES string of the molecule is CCC1CCCCN1C(C)Cc1ccc(O)cc1. The number of piperidine rings is 1. The minimum atomic E-state index is 0.357. The molecule has 2 unspecified atom stereocenters. The summed E-state index contributed by atoms with van der Waals surface area (Å²) in [4.78, 5) is 2.68. The summed E-state index contributed by atoms with van der Waals surface area (Å²) in [5.41, 5.74) is 1.32. The Morgan fingerprint density at radius 2 is 2.00 bits per heavy atom. The Balaban J connectivity index is 1.97. The number of nitrogens with zero attached hydrogens (tertiary/aromatic N) is 1. The summed E-state index contributed by atoms with van der Waals surface area (Å²) in [6.07, 6.45) is 6.43. The fourth-order valence-corrected chi connectivity index (χ4v) is 3.13. The van der Waals surface area contributed by atoms with Crippen LogP contribution in [-0.4, -0.2) is 28.6 Å². The number of phenolic OH excluding ortho intramolecular Hbond substituents is 1. The number of phenols is 1. The van der Waals surface area contributed by atoms with E-state index in [4.69, 9.17) is 0 Å². The molecule has 1 aliphatic rings. The number of aromatic hydroxyl groups is 1. The summed E-state index contributed by atoms with van der Waals surface area (Å²) in [5.74, 6) is 0.357. The molecule has 0 radical (unpaired) electrons. The second-order valence-electron chi connectivity index (χ2n) is 5.52. The van der Waals surface area contributed by atoms with Gasteiger partial charge in [-0.2, -0.15) is 0 Å². The van der Waals surface area contributed by atoms with Gasteiger partial charge in [0.1, 0.15) is 5.75 Å². The highest BCUT2D eigenvalue weighted by molar-refractivity contribution is 5.26. The smallest absolute Gasteiger partial charge is 0.115 e. The van der Waals surface area contributed by atoms with Gasteiger partial charge >= 0.3 is 0 Å². The van der Waals surface area contributed by atoms with Crippen LogP contribution >= 0.6 is 0 Å². The molecule has 2 atom stereocenters. The number of benzene rings is 1. The third-order valence-corrected chi connectivity index (χ3v) is 4.18. The van der Waals surface area contributed by atoms with Gasteiger partial charge in [-0.25, -0.2) is 0 Å². The van der Waals surface area contributed by atoms with Crippen molar-refractivity contribution in [2.24, 2.45) is 0 Å². The summed E-state index contributed by atoms with van der Waals surface area (Å²) in [6, 6.07) is 9.02. The molecule has 1 N–H and O–H groups in total. The van der Waals surface area contributed by atoms with E-state index in [1.165, 1.54) is 37.8 Å². The van der Waals surface area contributed by atoms with Crippen molar-refractivity contribution < 1.29 is 5.11 Å². The second kappa shape index (κ2) is 6.24. The molecule has 0 saturated carbocycles. The van der Waals surface area contributed by atoms with Crippen LogP contribution in [0.4, 0.5) is 0 Å². The van der Waals surface area contributed by atoms with Crippen LogP contribution in [-0.2, 0) is 6.42 Å². The van der Waals surface area contributed by atoms with Crippen molar-refractivity contribution in [1.82, 2.24) is 4.90 Å². The van der Waals surface area contributed by atoms with Gasteiger partial charge in [-0.3, -0.25) is 4.90 Å². The van der Waals surface area contributed by atoms with E-state index in [2.05, 4.69) is 18.7 Å². The predicted molar refractivity (Wildman–Crippen MR) is 75.9 cm³/mol. The third kappa shape index (κ3) is 3.26. The lowest BCUT2D eigenvalue weighted by Gasteiger charge is -2.39. The highest BCUT2D eigenvalue weighted by Gasteiger charge is 2.24. The summed E-state index contributed by atoms with van der Waals surface area (Å²) in [7, 11) is 0. The Hall–Kier alpha value is -1.02. The quantitative estimate of drug-likeness (QED) is 0.879. The van der Waals surface area contributed by atoms with E-state index < -0.39 is 0 Å². The van der Waals surface area contributed by atoms with Gasteiger partial charge in [-0.1, -0.05) is 25.5 Å². The monoisotopic (exact) mass is 247 g/mol. The summed E-state index contributed by atoms with van der Waals surface area (Å²) >= 11 is 0. The van der Waals surface area contributed by atoms with Crippen LogP contribution in [0.2, 0.25) is 0 Å². The molecule has 2 heteroatoms. The maximum Gasteiger partial charge on any atom is 0.115 e. The van der Waals surface area contributed by atoms with Crippen LogP contribution < -0.4 is 0 Å². The van der Waals surface area contributed by atoms with E-state index in [0.29, 0.717) is 11.8 Å². The van der Waals surface area contributed by atoms with Crippen molar-refractivity contribution in [3.8, 4) is 5.75 Å². The molecular formula is C16H25NO. The van der Waals surface area contributed by atoms with E-state index in [1.807, 2.05) is 12.1 Å². The minimum absolute atomic E-state index is 0.357. The first kappa shape index (κ1) is 13.4. The fourth-order valence-electron chi connectivity index (χ4n) is 3.13. The number of likely N-dealkylation sites (tertiary alicyclic amines) is 1. The molecule has 1 aromatic rings. The van der Waals surface area contributed by atoms with E-state index in [0.717, 1.165) is 12.5 Å². The van der Waals surface area contributed by atoms with Crippen LogP contribution in [0.1, 0.15) is 45.1 Å². The fraction of sp³-hybridized carbons (Fsp3) is 0.625. The maximum atomic E-state index is 9.31. The van der Waals surface area contributed by atoms with Gasteiger partial charge in [0.2, 0.25) is 0 Å². The topological polar surface area (TPSA) is 23.5 Å². The molecule has 1 heterocycles. The van der Waals surface area contributed by atoms with Gasteiger partial charge in [0.25, 0.3) is 0 Å². The Morgan fingerprint density at radius 3 is 2.67 bits per heavy atom. The standard InChI is InChI=1S/C16H25NO/c1-3-15-6-4-5-11-17(15)13(2)12-14-7-9-16(18)10-8-14/h7-10,13,15,18H,3-6,11-12H2,1-2H3. The summed E-state index contributed by atoms with van der Waals surface area (Å²) in [6.45, 7) is 5.88. The first-order valence-corrected chi connectivity index (χ1v) is 7.24. The van der Waals surface area contributed by atoms with E-state index in [-0.39, 0.29) is 0 Å². The van der Waals surface area contributed by atoms with Gasteiger partial charge < -0.3 is 5.11 Å². The molecule has 1 fully saturated rings. The van der Waals surface area contributed by atoms with Crippen molar-refractivity contribution >= 4 is 0 Å².